The van der Waals surface area contributed by atoms with E-state index in [4.69, 9.17) is 0 Å². The maximum absolute atomic E-state index is 3.75. The van der Waals surface area contributed by atoms with Crippen LogP contribution in [0.4, 0.5) is 0 Å². The van der Waals surface area contributed by atoms with Gasteiger partial charge >= 0.3 is 0 Å². The fourth-order valence-corrected chi connectivity index (χ4v) is 2.89. The van der Waals surface area contributed by atoms with E-state index in [1.54, 1.807) is 0 Å². The molecule has 0 aromatic heterocycles. The number of rotatable bonds is 1. The monoisotopic (exact) mass is 196 g/mol. The van der Waals surface area contributed by atoms with Crippen molar-refractivity contribution in [2.75, 3.05) is 26.7 Å². The van der Waals surface area contributed by atoms with Gasteiger partial charge < -0.3 is 10.2 Å². The SMILES string of the molecule is CN1CCC(C2CCCCCN2)CC1. The Labute approximate surface area is 88.1 Å². The van der Waals surface area contributed by atoms with E-state index in [0.29, 0.717) is 0 Å². The zero-order chi connectivity index (χ0) is 9.80. The van der Waals surface area contributed by atoms with Gasteiger partial charge in [-0.05, 0) is 58.3 Å². The molecular weight excluding hydrogens is 172 g/mol. The van der Waals surface area contributed by atoms with Gasteiger partial charge in [0.05, 0.1) is 0 Å². The van der Waals surface area contributed by atoms with Crippen molar-refractivity contribution in [1.29, 1.82) is 0 Å². The summed E-state index contributed by atoms with van der Waals surface area (Å²) in [6.45, 7) is 3.88. The van der Waals surface area contributed by atoms with Gasteiger partial charge in [0.25, 0.3) is 0 Å². The number of likely N-dealkylation sites (tertiary alicyclic amines) is 1. The van der Waals surface area contributed by atoms with E-state index in [-0.39, 0.29) is 0 Å². The second-order valence-corrected chi connectivity index (χ2v) is 5.05. The van der Waals surface area contributed by atoms with Crippen molar-refractivity contribution >= 4 is 0 Å². The Morgan fingerprint density at radius 3 is 2.57 bits per heavy atom. The molecule has 0 saturated carbocycles. The highest BCUT2D eigenvalue weighted by molar-refractivity contribution is 4.82. The second kappa shape index (κ2) is 5.13. The summed E-state index contributed by atoms with van der Waals surface area (Å²) in [5.74, 6) is 0.962. The summed E-state index contributed by atoms with van der Waals surface area (Å²) >= 11 is 0. The Kier molecular flexibility index (Phi) is 3.82. The summed E-state index contributed by atoms with van der Waals surface area (Å²) in [4.78, 5) is 2.47. The molecular formula is C12H24N2. The van der Waals surface area contributed by atoms with Crippen LogP contribution in [0, 0.1) is 5.92 Å². The lowest BCUT2D eigenvalue weighted by Crippen LogP contribution is -2.41. The molecule has 2 heterocycles. The highest BCUT2D eigenvalue weighted by Gasteiger charge is 2.25. The van der Waals surface area contributed by atoms with Gasteiger partial charge in [-0.25, -0.2) is 0 Å². The predicted molar refractivity (Wildman–Crippen MR) is 60.5 cm³/mol. The van der Waals surface area contributed by atoms with Crippen LogP contribution in [0.25, 0.3) is 0 Å². The van der Waals surface area contributed by atoms with Crippen molar-refractivity contribution < 1.29 is 0 Å². The molecule has 2 heteroatoms. The molecule has 2 fully saturated rings. The van der Waals surface area contributed by atoms with Crippen LogP contribution < -0.4 is 5.32 Å². The van der Waals surface area contributed by atoms with Crippen molar-refractivity contribution in [1.82, 2.24) is 10.2 Å². The number of nitrogens with one attached hydrogen (secondary N) is 1. The first-order valence-electron chi connectivity index (χ1n) is 6.28. The Morgan fingerprint density at radius 1 is 1.00 bits per heavy atom. The zero-order valence-electron chi connectivity index (χ0n) is 9.47. The van der Waals surface area contributed by atoms with Crippen LogP contribution in [0.5, 0.6) is 0 Å². The molecule has 2 aliphatic heterocycles. The van der Waals surface area contributed by atoms with E-state index in [1.165, 1.54) is 58.2 Å². The van der Waals surface area contributed by atoms with Gasteiger partial charge in [-0.3, -0.25) is 0 Å². The number of hydrogen-bond donors (Lipinski definition) is 1. The smallest absolute Gasteiger partial charge is 0.00962 e. The van der Waals surface area contributed by atoms with Gasteiger partial charge in [0.15, 0.2) is 0 Å². The largest absolute Gasteiger partial charge is 0.314 e. The van der Waals surface area contributed by atoms with Crippen molar-refractivity contribution in [2.24, 2.45) is 5.92 Å². The second-order valence-electron chi connectivity index (χ2n) is 5.05. The minimum atomic E-state index is 0.839. The normalized spacial score (nSPS) is 32.8. The molecule has 0 amide bonds. The molecule has 0 bridgehead atoms. The van der Waals surface area contributed by atoms with E-state index in [2.05, 4.69) is 17.3 Å². The summed E-state index contributed by atoms with van der Waals surface area (Å²) in [5, 5.41) is 3.75. The van der Waals surface area contributed by atoms with Crippen LogP contribution in [0.2, 0.25) is 0 Å². The summed E-state index contributed by atoms with van der Waals surface area (Å²) in [6.07, 6.45) is 8.53. The molecule has 0 spiro atoms. The van der Waals surface area contributed by atoms with Crippen LogP contribution in [-0.2, 0) is 0 Å². The fourth-order valence-electron chi connectivity index (χ4n) is 2.89. The first kappa shape index (κ1) is 10.4. The van der Waals surface area contributed by atoms with Crippen molar-refractivity contribution in [2.45, 2.75) is 44.6 Å². The van der Waals surface area contributed by atoms with Gasteiger partial charge in [-0.1, -0.05) is 12.8 Å². The third-order valence-corrected chi connectivity index (χ3v) is 3.93. The molecule has 0 aromatic carbocycles. The molecule has 1 N–H and O–H groups in total. The summed E-state index contributed by atoms with van der Waals surface area (Å²) < 4.78 is 0. The lowest BCUT2D eigenvalue weighted by atomic mass is 9.87. The van der Waals surface area contributed by atoms with E-state index in [1.807, 2.05) is 0 Å². The van der Waals surface area contributed by atoms with Crippen LogP contribution in [-0.4, -0.2) is 37.6 Å². The maximum Gasteiger partial charge on any atom is 0.00962 e. The molecule has 2 rings (SSSR count). The number of nitrogens with zero attached hydrogens (tertiary/aromatic N) is 1. The zero-order valence-corrected chi connectivity index (χ0v) is 9.47. The van der Waals surface area contributed by atoms with Crippen molar-refractivity contribution in [3.05, 3.63) is 0 Å². The van der Waals surface area contributed by atoms with Gasteiger partial charge in [0.1, 0.15) is 0 Å². The maximum atomic E-state index is 3.75. The molecule has 82 valence electrons. The molecule has 2 nitrogen and oxygen atoms in total. The fraction of sp³-hybridized carbons (Fsp3) is 1.00. The lowest BCUT2D eigenvalue weighted by molar-refractivity contribution is 0.182. The van der Waals surface area contributed by atoms with Crippen molar-refractivity contribution in [3.8, 4) is 0 Å². The van der Waals surface area contributed by atoms with Gasteiger partial charge in [0, 0.05) is 6.04 Å². The quantitative estimate of drug-likeness (QED) is 0.688. The molecule has 0 aromatic rings. The van der Waals surface area contributed by atoms with Gasteiger partial charge in [-0.2, -0.15) is 0 Å². The molecule has 2 aliphatic rings. The molecule has 1 unspecified atom stereocenters. The molecule has 1 atom stereocenters. The highest BCUT2D eigenvalue weighted by Crippen LogP contribution is 2.24. The summed E-state index contributed by atoms with van der Waals surface area (Å²) in [6, 6.07) is 0.839. The van der Waals surface area contributed by atoms with Crippen LogP contribution in [0.3, 0.4) is 0 Å². The molecule has 0 radical (unpaired) electrons. The first-order valence-corrected chi connectivity index (χ1v) is 6.28. The van der Waals surface area contributed by atoms with Crippen LogP contribution in [0.1, 0.15) is 38.5 Å². The topological polar surface area (TPSA) is 15.3 Å². The predicted octanol–water partition coefficient (Wildman–Crippen LogP) is 1.86. The number of hydrogen-bond acceptors (Lipinski definition) is 2. The summed E-state index contributed by atoms with van der Waals surface area (Å²) in [5.41, 5.74) is 0. The number of piperidine rings is 1. The Morgan fingerprint density at radius 2 is 1.79 bits per heavy atom. The van der Waals surface area contributed by atoms with Crippen LogP contribution >= 0.6 is 0 Å². The first-order chi connectivity index (χ1) is 6.86. The van der Waals surface area contributed by atoms with Gasteiger partial charge in [0.2, 0.25) is 0 Å². The van der Waals surface area contributed by atoms with Crippen LogP contribution in [0.15, 0.2) is 0 Å². The third kappa shape index (κ3) is 2.71. The van der Waals surface area contributed by atoms with Gasteiger partial charge in [-0.15, -0.1) is 0 Å². The average Bonchev–Trinajstić information content (AvgIpc) is 2.47. The standard InChI is InChI=1S/C12H24N2/c1-14-9-6-11(7-10-14)12-5-3-2-4-8-13-12/h11-13H,2-10H2,1H3. The minimum Gasteiger partial charge on any atom is -0.314 e. The van der Waals surface area contributed by atoms with E-state index < -0.39 is 0 Å². The average molecular weight is 196 g/mol. The highest BCUT2D eigenvalue weighted by atomic mass is 15.1. The third-order valence-electron chi connectivity index (χ3n) is 3.93. The Bertz CT molecular complexity index is 154. The summed E-state index contributed by atoms with van der Waals surface area (Å²) in [7, 11) is 2.25. The molecule has 0 aliphatic carbocycles. The minimum absolute atomic E-state index is 0.839. The Balaban J connectivity index is 1.81. The van der Waals surface area contributed by atoms with Crippen molar-refractivity contribution in [3.63, 3.8) is 0 Å². The van der Waals surface area contributed by atoms with E-state index >= 15 is 0 Å². The van der Waals surface area contributed by atoms with E-state index in [0.717, 1.165) is 12.0 Å². The Hall–Kier alpha value is -0.0800. The lowest BCUT2D eigenvalue weighted by Gasteiger charge is -2.34. The molecule has 14 heavy (non-hydrogen) atoms. The molecule has 2 saturated heterocycles. The van der Waals surface area contributed by atoms with E-state index in [9.17, 15) is 0 Å².